The van der Waals surface area contributed by atoms with Gasteiger partial charge in [0.1, 0.15) is 17.2 Å². The summed E-state index contributed by atoms with van der Waals surface area (Å²) in [5.41, 5.74) is 3.27. The third kappa shape index (κ3) is 2.63. The first-order chi connectivity index (χ1) is 12.5. The fraction of sp³-hybridized carbons (Fsp3) is 0.0952. The third-order valence-corrected chi connectivity index (χ3v) is 4.44. The number of aromatic nitrogens is 1. The maximum Gasteiger partial charge on any atom is 0.284 e. The Morgan fingerprint density at radius 3 is 2.42 bits per heavy atom. The van der Waals surface area contributed by atoms with Crippen LogP contribution in [-0.4, -0.2) is 16.8 Å². The summed E-state index contributed by atoms with van der Waals surface area (Å²) in [6.07, 6.45) is 1.51. The van der Waals surface area contributed by atoms with Crippen LogP contribution >= 0.6 is 0 Å². The molecule has 1 aromatic heterocycles. The number of aryl methyl sites for hydroxylation is 2. The second-order valence-electron chi connectivity index (χ2n) is 6.19. The molecule has 0 radical (unpaired) electrons. The fourth-order valence-electron chi connectivity index (χ4n) is 2.90. The van der Waals surface area contributed by atoms with Crippen LogP contribution in [0.25, 0.3) is 0 Å². The van der Waals surface area contributed by atoms with Gasteiger partial charge in [0.2, 0.25) is 0 Å². The van der Waals surface area contributed by atoms with Crippen molar-refractivity contribution in [2.75, 3.05) is 4.90 Å². The smallest absolute Gasteiger partial charge is 0.284 e. The van der Waals surface area contributed by atoms with Gasteiger partial charge in [-0.3, -0.25) is 14.6 Å². The standard InChI is InChI=1S/C21H16N2O3/c1-13-8-9-17(11-14(13)2)26-16-6-3-5-15(12-16)23-20(24)18-7-4-10-22-19(18)21(23)25/h3-12H,1-2H3. The lowest BCUT2D eigenvalue weighted by atomic mass is 10.1. The number of pyridine rings is 1. The van der Waals surface area contributed by atoms with Crippen molar-refractivity contribution in [3.8, 4) is 11.5 Å². The number of ether oxygens (including phenoxy) is 1. The zero-order valence-corrected chi connectivity index (χ0v) is 14.4. The van der Waals surface area contributed by atoms with Gasteiger partial charge in [-0.2, -0.15) is 0 Å². The van der Waals surface area contributed by atoms with Crippen molar-refractivity contribution in [2.45, 2.75) is 13.8 Å². The number of nitrogens with zero attached hydrogens (tertiary/aromatic N) is 2. The molecule has 0 spiro atoms. The van der Waals surface area contributed by atoms with Gasteiger partial charge in [0.15, 0.2) is 0 Å². The van der Waals surface area contributed by atoms with Crippen LogP contribution in [0.2, 0.25) is 0 Å². The molecule has 0 saturated heterocycles. The number of hydrogen-bond donors (Lipinski definition) is 0. The number of anilines is 1. The molecule has 26 heavy (non-hydrogen) atoms. The number of hydrogen-bond acceptors (Lipinski definition) is 4. The van der Waals surface area contributed by atoms with Crippen LogP contribution in [0.4, 0.5) is 5.69 Å². The van der Waals surface area contributed by atoms with Crippen LogP contribution in [-0.2, 0) is 0 Å². The first-order valence-corrected chi connectivity index (χ1v) is 8.23. The fourth-order valence-corrected chi connectivity index (χ4v) is 2.90. The van der Waals surface area contributed by atoms with E-state index in [4.69, 9.17) is 4.74 Å². The highest BCUT2D eigenvalue weighted by Crippen LogP contribution is 2.31. The summed E-state index contributed by atoms with van der Waals surface area (Å²) >= 11 is 0. The summed E-state index contributed by atoms with van der Waals surface area (Å²) in [5.74, 6) is 0.458. The molecule has 2 aromatic carbocycles. The molecule has 3 aromatic rings. The van der Waals surface area contributed by atoms with E-state index in [0.717, 1.165) is 10.5 Å². The van der Waals surface area contributed by atoms with Gasteiger partial charge in [-0.25, -0.2) is 4.90 Å². The van der Waals surface area contributed by atoms with E-state index in [0.29, 0.717) is 22.7 Å². The summed E-state index contributed by atoms with van der Waals surface area (Å²) in [6, 6.07) is 16.0. The SMILES string of the molecule is Cc1ccc(Oc2cccc(N3C(=O)c4cccnc4C3=O)c2)cc1C. The van der Waals surface area contributed by atoms with Crippen LogP contribution in [0.3, 0.4) is 0 Å². The van der Waals surface area contributed by atoms with Crippen molar-refractivity contribution < 1.29 is 14.3 Å². The topological polar surface area (TPSA) is 59.5 Å². The van der Waals surface area contributed by atoms with Gasteiger partial charge in [0.05, 0.1) is 11.3 Å². The van der Waals surface area contributed by atoms with Gasteiger partial charge < -0.3 is 4.74 Å². The molecule has 5 heteroatoms. The maximum absolute atomic E-state index is 12.6. The molecule has 4 rings (SSSR count). The molecule has 2 amide bonds. The minimum atomic E-state index is -0.422. The van der Waals surface area contributed by atoms with Gasteiger partial charge in [0.25, 0.3) is 11.8 Å². The van der Waals surface area contributed by atoms with E-state index in [-0.39, 0.29) is 11.6 Å². The molecule has 0 fully saturated rings. The first kappa shape index (κ1) is 16.0. The lowest BCUT2D eigenvalue weighted by molar-refractivity contribution is 0.0924. The number of fused-ring (bicyclic) bond motifs is 1. The minimum absolute atomic E-state index is 0.179. The van der Waals surface area contributed by atoms with E-state index in [1.165, 1.54) is 11.8 Å². The van der Waals surface area contributed by atoms with Crippen LogP contribution in [0, 0.1) is 13.8 Å². The average Bonchev–Trinajstić information content (AvgIpc) is 2.90. The molecule has 0 N–H and O–H groups in total. The summed E-state index contributed by atoms with van der Waals surface area (Å²) in [7, 11) is 0. The Hall–Kier alpha value is -3.47. The number of rotatable bonds is 3. The second kappa shape index (κ2) is 6.11. The van der Waals surface area contributed by atoms with Crippen molar-refractivity contribution in [3.63, 3.8) is 0 Å². The van der Waals surface area contributed by atoms with E-state index in [2.05, 4.69) is 4.98 Å². The molecular weight excluding hydrogens is 328 g/mol. The largest absolute Gasteiger partial charge is 0.457 e. The van der Waals surface area contributed by atoms with Gasteiger partial charge in [-0.15, -0.1) is 0 Å². The molecule has 5 nitrogen and oxygen atoms in total. The van der Waals surface area contributed by atoms with Crippen molar-refractivity contribution in [1.82, 2.24) is 4.98 Å². The van der Waals surface area contributed by atoms with Crippen molar-refractivity contribution in [1.29, 1.82) is 0 Å². The zero-order chi connectivity index (χ0) is 18.3. The quantitative estimate of drug-likeness (QED) is 0.665. The van der Waals surface area contributed by atoms with Crippen LogP contribution in [0.5, 0.6) is 11.5 Å². The summed E-state index contributed by atoms with van der Waals surface area (Å²) < 4.78 is 5.90. The Morgan fingerprint density at radius 1 is 0.846 bits per heavy atom. The highest BCUT2D eigenvalue weighted by Gasteiger charge is 2.37. The lowest BCUT2D eigenvalue weighted by Crippen LogP contribution is -2.29. The highest BCUT2D eigenvalue weighted by atomic mass is 16.5. The van der Waals surface area contributed by atoms with E-state index >= 15 is 0 Å². The molecule has 0 saturated carbocycles. The molecule has 0 atom stereocenters. The third-order valence-electron chi connectivity index (χ3n) is 4.44. The molecule has 0 aliphatic carbocycles. The molecule has 0 bridgehead atoms. The highest BCUT2D eigenvalue weighted by molar-refractivity contribution is 6.33. The van der Waals surface area contributed by atoms with E-state index in [1.54, 1.807) is 36.4 Å². The maximum atomic E-state index is 12.6. The van der Waals surface area contributed by atoms with Crippen LogP contribution in [0.15, 0.2) is 60.8 Å². The predicted molar refractivity (Wildman–Crippen MR) is 97.8 cm³/mol. The second-order valence-corrected chi connectivity index (χ2v) is 6.19. The Balaban J connectivity index is 1.65. The Kier molecular flexibility index (Phi) is 3.77. The number of benzene rings is 2. The first-order valence-electron chi connectivity index (χ1n) is 8.23. The number of carbonyl (C=O) groups excluding carboxylic acids is 2. The Bertz CT molecular complexity index is 1010. The van der Waals surface area contributed by atoms with Gasteiger partial charge in [0, 0.05) is 12.3 Å². The van der Waals surface area contributed by atoms with Gasteiger partial charge in [-0.05, 0) is 61.4 Å². The Labute approximate surface area is 150 Å². The summed E-state index contributed by atoms with van der Waals surface area (Å²) in [6.45, 7) is 4.06. The summed E-state index contributed by atoms with van der Waals surface area (Å²) in [4.78, 5) is 30.3. The van der Waals surface area contributed by atoms with Crippen molar-refractivity contribution in [2.24, 2.45) is 0 Å². The molecule has 0 unspecified atom stereocenters. The molecule has 1 aliphatic heterocycles. The average molecular weight is 344 g/mol. The van der Waals surface area contributed by atoms with E-state index in [1.807, 2.05) is 32.0 Å². The molecule has 1 aliphatic rings. The lowest BCUT2D eigenvalue weighted by Gasteiger charge is -2.15. The number of amides is 2. The van der Waals surface area contributed by atoms with Gasteiger partial charge >= 0.3 is 0 Å². The van der Waals surface area contributed by atoms with Crippen molar-refractivity contribution >= 4 is 17.5 Å². The number of imide groups is 1. The van der Waals surface area contributed by atoms with Crippen molar-refractivity contribution in [3.05, 3.63) is 83.2 Å². The monoisotopic (exact) mass is 344 g/mol. The molecule has 2 heterocycles. The van der Waals surface area contributed by atoms with Crippen LogP contribution in [0.1, 0.15) is 32.0 Å². The van der Waals surface area contributed by atoms with E-state index < -0.39 is 5.91 Å². The number of carbonyl (C=O) groups is 2. The van der Waals surface area contributed by atoms with E-state index in [9.17, 15) is 9.59 Å². The predicted octanol–water partition coefficient (Wildman–Crippen LogP) is 4.29. The normalized spacial score (nSPS) is 13.1. The van der Waals surface area contributed by atoms with Gasteiger partial charge in [-0.1, -0.05) is 12.1 Å². The molecular formula is C21H16N2O3. The van der Waals surface area contributed by atoms with Crippen LogP contribution < -0.4 is 9.64 Å². The summed E-state index contributed by atoms with van der Waals surface area (Å²) in [5, 5.41) is 0. The minimum Gasteiger partial charge on any atom is -0.457 e. The zero-order valence-electron chi connectivity index (χ0n) is 14.4. The molecule has 128 valence electrons. The Morgan fingerprint density at radius 2 is 1.65 bits per heavy atom.